The van der Waals surface area contributed by atoms with E-state index in [0.29, 0.717) is 31.4 Å². The lowest BCUT2D eigenvalue weighted by molar-refractivity contribution is 0.281. The summed E-state index contributed by atoms with van der Waals surface area (Å²) < 4.78 is 23.9. The number of halogens is 2. The number of benzene rings is 1. The van der Waals surface area contributed by atoms with Crippen molar-refractivity contribution >= 4 is 29.9 Å². The van der Waals surface area contributed by atoms with Gasteiger partial charge in [-0.2, -0.15) is 0 Å². The fraction of sp³-hybridized carbons (Fsp3) is 0.474. The molecule has 8 heteroatoms. The normalized spacial score (nSPS) is 11.3. The molecule has 0 radical (unpaired) electrons. The zero-order valence-electron chi connectivity index (χ0n) is 16.2. The van der Waals surface area contributed by atoms with Crippen molar-refractivity contribution in [2.45, 2.75) is 33.2 Å². The number of aliphatic imine (C=N–C) groups is 1. The first-order valence-electron chi connectivity index (χ1n) is 8.83. The number of rotatable bonds is 8. The van der Waals surface area contributed by atoms with Crippen LogP contribution in [-0.2, 0) is 6.54 Å². The van der Waals surface area contributed by atoms with Crippen LogP contribution in [0.15, 0.2) is 39.8 Å². The lowest BCUT2D eigenvalue weighted by Gasteiger charge is -2.22. The van der Waals surface area contributed by atoms with E-state index in [1.54, 1.807) is 12.1 Å². The van der Waals surface area contributed by atoms with E-state index in [-0.39, 0.29) is 29.8 Å². The molecule has 0 saturated carbocycles. The summed E-state index contributed by atoms with van der Waals surface area (Å²) in [7, 11) is 1.94. The molecule has 2 rings (SSSR count). The molecule has 2 aromatic rings. The van der Waals surface area contributed by atoms with E-state index in [1.165, 1.54) is 12.1 Å². The van der Waals surface area contributed by atoms with Gasteiger partial charge in [-0.05, 0) is 37.1 Å². The van der Waals surface area contributed by atoms with Crippen LogP contribution in [0.1, 0.15) is 38.1 Å². The molecule has 0 amide bonds. The highest BCUT2D eigenvalue weighted by Gasteiger charge is 2.09. The smallest absolute Gasteiger partial charge is 0.194 e. The standard InChI is InChI=1S/C19H27FN4O2.HI/c1-5-21-19(22-13-17-12-18(14(2)3)23-26-17)24(4)10-11-25-16-8-6-15(20)7-9-16;/h6-9,12,14H,5,10-11,13H2,1-4H3,(H,21,22);1H. The van der Waals surface area contributed by atoms with E-state index < -0.39 is 0 Å². The van der Waals surface area contributed by atoms with Gasteiger partial charge >= 0.3 is 0 Å². The summed E-state index contributed by atoms with van der Waals surface area (Å²) in [5, 5.41) is 7.30. The Hall–Kier alpha value is -1.84. The minimum absolute atomic E-state index is 0. The predicted octanol–water partition coefficient (Wildman–Crippen LogP) is 4.03. The summed E-state index contributed by atoms with van der Waals surface area (Å²) in [5.74, 6) is 2.20. The van der Waals surface area contributed by atoms with Gasteiger partial charge in [-0.3, -0.25) is 0 Å². The van der Waals surface area contributed by atoms with Crippen molar-refractivity contribution in [2.24, 2.45) is 4.99 Å². The van der Waals surface area contributed by atoms with Gasteiger partial charge in [0.25, 0.3) is 0 Å². The van der Waals surface area contributed by atoms with Crippen LogP contribution in [0.5, 0.6) is 5.75 Å². The Balaban J connectivity index is 0.00000364. The Morgan fingerprint density at radius 2 is 2.04 bits per heavy atom. The average Bonchev–Trinajstić information content (AvgIpc) is 3.09. The van der Waals surface area contributed by atoms with Crippen LogP contribution >= 0.6 is 24.0 Å². The zero-order valence-corrected chi connectivity index (χ0v) is 18.6. The quantitative estimate of drug-likeness (QED) is 0.344. The molecule has 0 fully saturated rings. The van der Waals surface area contributed by atoms with Gasteiger partial charge in [0, 0.05) is 19.7 Å². The van der Waals surface area contributed by atoms with Crippen molar-refractivity contribution in [1.29, 1.82) is 0 Å². The molecule has 0 aliphatic rings. The molecule has 1 N–H and O–H groups in total. The van der Waals surface area contributed by atoms with E-state index in [0.717, 1.165) is 24.0 Å². The van der Waals surface area contributed by atoms with Crippen molar-refractivity contribution in [2.75, 3.05) is 26.7 Å². The van der Waals surface area contributed by atoms with Crippen LogP contribution in [-0.4, -0.2) is 42.8 Å². The molecule has 150 valence electrons. The van der Waals surface area contributed by atoms with Crippen LogP contribution in [0.3, 0.4) is 0 Å². The molecule has 0 spiro atoms. The van der Waals surface area contributed by atoms with E-state index >= 15 is 0 Å². The van der Waals surface area contributed by atoms with Crippen LogP contribution in [0.4, 0.5) is 4.39 Å². The van der Waals surface area contributed by atoms with Crippen molar-refractivity contribution in [3.05, 3.63) is 47.6 Å². The molecular weight excluding hydrogens is 462 g/mol. The highest BCUT2D eigenvalue weighted by atomic mass is 127. The van der Waals surface area contributed by atoms with Crippen molar-refractivity contribution < 1.29 is 13.7 Å². The summed E-state index contributed by atoms with van der Waals surface area (Å²) in [6.45, 7) is 8.45. The molecule has 27 heavy (non-hydrogen) atoms. The average molecular weight is 490 g/mol. The van der Waals surface area contributed by atoms with Gasteiger partial charge in [-0.1, -0.05) is 19.0 Å². The predicted molar refractivity (Wildman–Crippen MR) is 115 cm³/mol. The third kappa shape index (κ3) is 7.74. The number of hydrogen-bond donors (Lipinski definition) is 1. The van der Waals surface area contributed by atoms with E-state index in [4.69, 9.17) is 9.26 Å². The van der Waals surface area contributed by atoms with Crippen LogP contribution in [0, 0.1) is 5.82 Å². The van der Waals surface area contributed by atoms with Gasteiger partial charge in [0.05, 0.1) is 12.2 Å². The second-order valence-electron chi connectivity index (χ2n) is 6.27. The molecule has 1 heterocycles. The van der Waals surface area contributed by atoms with E-state index in [9.17, 15) is 4.39 Å². The van der Waals surface area contributed by atoms with Gasteiger partial charge in [0.2, 0.25) is 0 Å². The van der Waals surface area contributed by atoms with E-state index in [2.05, 4.69) is 29.3 Å². The fourth-order valence-corrected chi connectivity index (χ4v) is 2.24. The highest BCUT2D eigenvalue weighted by molar-refractivity contribution is 14.0. The number of nitrogens with zero attached hydrogens (tertiary/aromatic N) is 3. The number of ether oxygens (including phenoxy) is 1. The highest BCUT2D eigenvalue weighted by Crippen LogP contribution is 2.14. The first kappa shape index (κ1) is 23.2. The Labute approximate surface area is 177 Å². The van der Waals surface area contributed by atoms with Crippen LogP contribution in [0.2, 0.25) is 0 Å². The lowest BCUT2D eigenvalue weighted by Crippen LogP contribution is -2.40. The SMILES string of the molecule is CCNC(=NCc1cc(C(C)C)no1)N(C)CCOc1ccc(F)cc1.I. The molecule has 0 saturated heterocycles. The largest absolute Gasteiger partial charge is 0.492 e. The van der Waals surface area contributed by atoms with Crippen LogP contribution < -0.4 is 10.1 Å². The summed E-state index contributed by atoms with van der Waals surface area (Å²) >= 11 is 0. The molecule has 1 aromatic carbocycles. The molecule has 0 aliphatic heterocycles. The Bertz CT molecular complexity index is 704. The number of likely N-dealkylation sites (N-methyl/N-ethyl adjacent to an activating group) is 1. The maximum Gasteiger partial charge on any atom is 0.194 e. The molecule has 0 bridgehead atoms. The third-order valence-corrected chi connectivity index (χ3v) is 3.76. The molecule has 6 nitrogen and oxygen atoms in total. The van der Waals surface area contributed by atoms with Gasteiger partial charge in [-0.25, -0.2) is 9.38 Å². The number of aromatic nitrogens is 1. The Kier molecular flexibility index (Phi) is 10.1. The first-order valence-corrected chi connectivity index (χ1v) is 8.83. The minimum Gasteiger partial charge on any atom is -0.492 e. The summed E-state index contributed by atoms with van der Waals surface area (Å²) in [6, 6.07) is 7.94. The first-order chi connectivity index (χ1) is 12.5. The van der Waals surface area contributed by atoms with Crippen molar-refractivity contribution in [3.8, 4) is 5.75 Å². The topological polar surface area (TPSA) is 62.9 Å². The second kappa shape index (κ2) is 11.8. The maximum absolute atomic E-state index is 12.9. The number of nitrogens with one attached hydrogen (secondary N) is 1. The number of hydrogen-bond acceptors (Lipinski definition) is 4. The van der Waals surface area contributed by atoms with Gasteiger partial charge in [-0.15, -0.1) is 24.0 Å². The minimum atomic E-state index is -0.274. The monoisotopic (exact) mass is 490 g/mol. The van der Waals surface area contributed by atoms with Crippen molar-refractivity contribution in [3.63, 3.8) is 0 Å². The van der Waals surface area contributed by atoms with Gasteiger partial charge in [0.1, 0.15) is 24.7 Å². The summed E-state index contributed by atoms with van der Waals surface area (Å²) in [6.07, 6.45) is 0. The molecule has 0 aliphatic carbocycles. The number of guanidine groups is 1. The molecule has 1 aromatic heterocycles. The molecule has 0 unspecified atom stereocenters. The molecular formula is C19H28FIN4O2. The Morgan fingerprint density at radius 1 is 1.33 bits per heavy atom. The third-order valence-electron chi connectivity index (χ3n) is 3.76. The van der Waals surface area contributed by atoms with E-state index in [1.807, 2.05) is 24.9 Å². The second-order valence-corrected chi connectivity index (χ2v) is 6.27. The van der Waals surface area contributed by atoms with Crippen molar-refractivity contribution in [1.82, 2.24) is 15.4 Å². The maximum atomic E-state index is 12.9. The Morgan fingerprint density at radius 3 is 2.63 bits per heavy atom. The molecule has 0 atom stereocenters. The summed E-state index contributed by atoms with van der Waals surface area (Å²) in [5.41, 5.74) is 0.932. The lowest BCUT2D eigenvalue weighted by atomic mass is 10.1. The van der Waals surface area contributed by atoms with Gasteiger partial charge in [0.15, 0.2) is 11.7 Å². The summed E-state index contributed by atoms with van der Waals surface area (Å²) in [4.78, 5) is 6.57. The zero-order chi connectivity index (χ0) is 18.9. The fourth-order valence-electron chi connectivity index (χ4n) is 2.24. The van der Waals surface area contributed by atoms with Crippen LogP contribution in [0.25, 0.3) is 0 Å². The van der Waals surface area contributed by atoms with Gasteiger partial charge < -0.3 is 19.5 Å².